The molecule has 0 heteroatoms. The van der Waals surface area contributed by atoms with Gasteiger partial charge in [-0.25, -0.2) is 0 Å². The average molecular weight is 78.2 g/mol. The van der Waals surface area contributed by atoms with Crippen molar-refractivity contribution in [2.45, 2.75) is 27.1 Å². The third-order valence-corrected chi connectivity index (χ3v) is 0.375. The van der Waals surface area contributed by atoms with E-state index in [0.29, 0.717) is 0 Å². The van der Waals surface area contributed by atoms with E-state index in [1.54, 1.807) is 0 Å². The maximum atomic E-state index is 7.29. The van der Waals surface area contributed by atoms with E-state index in [9.17, 15) is 0 Å². The molecular formula is C5H12. The van der Waals surface area contributed by atoms with Gasteiger partial charge in [0.05, 0.1) is 0 Å². The molecule has 0 aromatic rings. The zero-order valence-corrected chi connectivity index (χ0v) is 3.50. The summed E-state index contributed by atoms with van der Waals surface area (Å²) in [7, 11) is 0. The van der Waals surface area contributed by atoms with Crippen molar-refractivity contribution in [3.63, 3.8) is 0 Å². The van der Waals surface area contributed by atoms with Gasteiger partial charge in [0, 0.05) is 8.22 Å². The van der Waals surface area contributed by atoms with Crippen LogP contribution < -0.4 is 0 Å². The van der Waals surface area contributed by atoms with E-state index in [0.717, 1.165) is 13.8 Å². The molecule has 0 fully saturated rings. The predicted molar refractivity (Wildman–Crippen MR) is 25.1 cm³/mol. The third kappa shape index (κ3) is 4.00. The van der Waals surface area contributed by atoms with Gasteiger partial charge in [-0.3, -0.25) is 0 Å². The summed E-state index contributed by atoms with van der Waals surface area (Å²) < 4.78 is 42.2. The van der Waals surface area contributed by atoms with E-state index in [1.807, 2.05) is 0 Å². The minimum Gasteiger partial charge on any atom is -0.0651 e. The molecule has 5 heavy (non-hydrogen) atoms. The van der Waals surface area contributed by atoms with Crippen LogP contribution in [0.15, 0.2) is 0 Å². The molecule has 0 saturated heterocycles. The highest BCUT2D eigenvalue weighted by Gasteiger charge is 1.80. The van der Waals surface area contributed by atoms with E-state index in [4.69, 9.17) is 8.22 Å². The second-order valence-electron chi connectivity index (χ2n) is 0.875. The molecule has 0 amide bonds. The molecule has 0 nitrogen and oxygen atoms in total. The van der Waals surface area contributed by atoms with Crippen LogP contribution in [0.2, 0.25) is 0 Å². The van der Waals surface area contributed by atoms with Gasteiger partial charge >= 0.3 is 0 Å². The molecule has 0 bridgehead atoms. The molecule has 0 heterocycles. The zero-order chi connectivity index (χ0) is 9.50. The molecule has 0 rings (SSSR count). The SMILES string of the molecule is [2H]C([2H])([2H])[C@@]([2H])(C)C([2H])([2H])C. The number of rotatable bonds is 1. The molecule has 0 saturated carbocycles. The summed E-state index contributed by atoms with van der Waals surface area (Å²) in [6.45, 7) is -0.391. The Bertz CT molecular complexity index is 122. The van der Waals surface area contributed by atoms with Crippen LogP contribution in [0.4, 0.5) is 0 Å². The molecule has 0 aromatic heterocycles. The van der Waals surface area contributed by atoms with Crippen molar-refractivity contribution in [1.29, 1.82) is 0 Å². The van der Waals surface area contributed by atoms with Gasteiger partial charge in [0.15, 0.2) is 0 Å². The first-order valence-electron chi connectivity index (χ1n) is 4.50. The average Bonchev–Trinajstić information content (AvgIpc) is 1.58. The molecule has 32 valence electrons. The van der Waals surface area contributed by atoms with Crippen LogP contribution in [0.25, 0.3) is 0 Å². The first-order valence-corrected chi connectivity index (χ1v) is 1.50. The highest BCUT2D eigenvalue weighted by molar-refractivity contribution is 4.32. The van der Waals surface area contributed by atoms with E-state index >= 15 is 0 Å². The second kappa shape index (κ2) is 2.25. The van der Waals surface area contributed by atoms with Gasteiger partial charge in [-0.05, 0) is 5.89 Å². The smallest absolute Gasteiger partial charge is 0.0297 e. The summed E-state index contributed by atoms with van der Waals surface area (Å²) >= 11 is 0. The Balaban J connectivity index is 4.75. The topological polar surface area (TPSA) is 0 Å². The van der Waals surface area contributed by atoms with Crippen molar-refractivity contribution < 1.29 is 8.22 Å². The minimum absolute atomic E-state index is 1.08. The van der Waals surface area contributed by atoms with Crippen LogP contribution in [0, 0.1) is 5.89 Å². The lowest BCUT2D eigenvalue weighted by atomic mass is 10.2. The van der Waals surface area contributed by atoms with Gasteiger partial charge in [-0.1, -0.05) is 27.1 Å². The monoisotopic (exact) mass is 78.1 g/mol. The Hall–Kier alpha value is 0. The molecule has 0 aromatic carbocycles. The fourth-order valence-electron chi connectivity index (χ4n) is 0. The van der Waals surface area contributed by atoms with E-state index in [2.05, 4.69) is 0 Å². The Morgan fingerprint density at radius 2 is 3.00 bits per heavy atom. The van der Waals surface area contributed by atoms with E-state index in [-0.39, 0.29) is 0 Å². The van der Waals surface area contributed by atoms with Gasteiger partial charge < -0.3 is 0 Å². The maximum absolute atomic E-state index is 7.29. The summed E-state index contributed by atoms with van der Waals surface area (Å²) in [6, 6.07) is 0. The molecule has 0 N–H and O–H groups in total. The third-order valence-electron chi connectivity index (χ3n) is 0.375. The second-order valence-corrected chi connectivity index (χ2v) is 0.875. The van der Waals surface area contributed by atoms with Gasteiger partial charge in [-0.2, -0.15) is 0 Å². The van der Waals surface area contributed by atoms with Crippen LogP contribution in [-0.2, 0) is 0 Å². The molecule has 0 aliphatic heterocycles. The maximum Gasteiger partial charge on any atom is 0.0297 e. The molecule has 0 radical (unpaired) electrons. The van der Waals surface area contributed by atoms with Crippen molar-refractivity contribution in [2.24, 2.45) is 5.89 Å². The van der Waals surface area contributed by atoms with Crippen LogP contribution in [0.3, 0.4) is 0 Å². The Morgan fingerprint density at radius 1 is 2.40 bits per heavy atom. The molecule has 0 aliphatic rings. The summed E-state index contributed by atoms with van der Waals surface area (Å²) in [5.41, 5.74) is 0. The van der Waals surface area contributed by atoms with Crippen molar-refractivity contribution in [3.8, 4) is 0 Å². The summed E-state index contributed by atoms with van der Waals surface area (Å²) in [5.74, 6) is -2.04. The van der Waals surface area contributed by atoms with Gasteiger partial charge in [0.25, 0.3) is 0 Å². The van der Waals surface area contributed by atoms with Gasteiger partial charge in [0.2, 0.25) is 0 Å². The lowest BCUT2D eigenvalue weighted by Gasteiger charge is -1.90. The molecule has 0 spiro atoms. The van der Waals surface area contributed by atoms with Gasteiger partial charge in [-0.15, -0.1) is 0 Å². The summed E-state index contributed by atoms with van der Waals surface area (Å²) in [4.78, 5) is 0. The molecule has 0 unspecified atom stereocenters. The van der Waals surface area contributed by atoms with Crippen molar-refractivity contribution in [3.05, 3.63) is 0 Å². The standard InChI is InChI=1S/C5H12/c1-4-5(2)3/h5H,4H2,1-3H3/i2D3,4D2,5D/t5-/m0/s1. The van der Waals surface area contributed by atoms with E-state index in [1.165, 1.54) is 0 Å². The highest BCUT2D eigenvalue weighted by Crippen LogP contribution is 1.93. The minimum atomic E-state index is -2.58. The number of hydrogen-bond acceptors (Lipinski definition) is 0. The lowest BCUT2D eigenvalue weighted by molar-refractivity contribution is 0.626. The first-order chi connectivity index (χ1) is 4.50. The van der Waals surface area contributed by atoms with Crippen molar-refractivity contribution in [2.75, 3.05) is 0 Å². The lowest BCUT2D eigenvalue weighted by Crippen LogP contribution is -1.77. The molecular weight excluding hydrogens is 60.1 g/mol. The van der Waals surface area contributed by atoms with Crippen molar-refractivity contribution >= 4 is 0 Å². The zero-order valence-electron chi connectivity index (χ0n) is 9.50. The van der Waals surface area contributed by atoms with Crippen LogP contribution in [0.5, 0.6) is 0 Å². The molecule has 1 atom stereocenters. The fourth-order valence-corrected chi connectivity index (χ4v) is 0. The predicted octanol–water partition coefficient (Wildman–Crippen LogP) is 2.05. The fraction of sp³-hybridized carbons (Fsp3) is 1.00. The Morgan fingerprint density at radius 3 is 3.00 bits per heavy atom. The first kappa shape index (κ1) is 0.800. The van der Waals surface area contributed by atoms with E-state index < -0.39 is 19.1 Å². The highest BCUT2D eigenvalue weighted by atomic mass is 13.9. The normalized spacial score (nSPS) is 44.4. The van der Waals surface area contributed by atoms with Gasteiger partial charge in [0.1, 0.15) is 0 Å². The Labute approximate surface area is 42.6 Å². The van der Waals surface area contributed by atoms with Crippen LogP contribution >= 0.6 is 0 Å². The summed E-state index contributed by atoms with van der Waals surface area (Å²) in [6.07, 6.45) is -2.02. The Kier molecular flexibility index (Phi) is 0.360. The van der Waals surface area contributed by atoms with Crippen molar-refractivity contribution in [1.82, 2.24) is 0 Å². The summed E-state index contributed by atoms with van der Waals surface area (Å²) in [5, 5.41) is 0. The quantitative estimate of drug-likeness (QED) is 0.450. The van der Waals surface area contributed by atoms with Crippen LogP contribution in [-0.4, -0.2) is 0 Å². The largest absolute Gasteiger partial charge is 0.0651 e. The molecule has 0 aliphatic carbocycles. The van der Waals surface area contributed by atoms with Crippen LogP contribution in [0.1, 0.15) is 35.3 Å². The number of hydrogen-bond donors (Lipinski definition) is 0.